The SMILES string of the molecule is C[PH](c1ccccc1)(c1ccccc1)c1ccccc1.[Au]. The smallest absolute Gasteiger partial charge is 0 e. The van der Waals surface area contributed by atoms with Gasteiger partial charge in [-0.25, -0.2) is 0 Å². The zero-order valence-electron chi connectivity index (χ0n) is 12.0. The summed E-state index contributed by atoms with van der Waals surface area (Å²) in [5, 5.41) is 4.37. The standard InChI is InChI=1S/C19H19P.Au/c1-20(17-11-5-2-6-12-17,18-13-7-3-8-14-18)19-15-9-4-10-16-19;/h2-16,20H,1H3;. The van der Waals surface area contributed by atoms with Crippen LogP contribution in [0.2, 0.25) is 0 Å². The molecule has 0 atom stereocenters. The molecule has 3 aromatic carbocycles. The Morgan fingerprint density at radius 1 is 0.476 bits per heavy atom. The third-order valence-corrected chi connectivity index (χ3v) is 8.52. The van der Waals surface area contributed by atoms with E-state index in [1.54, 1.807) is 0 Å². The van der Waals surface area contributed by atoms with E-state index in [4.69, 9.17) is 0 Å². The molecule has 1 radical (unpaired) electrons. The monoisotopic (exact) mass is 475 g/mol. The largest absolute Gasteiger partial charge is 0 e. The fraction of sp³-hybridized carbons (Fsp3) is 0.0526. The number of hydrogen-bond acceptors (Lipinski definition) is 0. The molecule has 111 valence electrons. The Morgan fingerprint density at radius 3 is 0.952 bits per heavy atom. The molecule has 0 aromatic heterocycles. The van der Waals surface area contributed by atoms with Crippen LogP contribution in [0.1, 0.15) is 0 Å². The maximum Gasteiger partial charge on any atom is 0 e. The summed E-state index contributed by atoms with van der Waals surface area (Å²) in [4.78, 5) is 0. The average Bonchev–Trinajstić information content (AvgIpc) is 2.56. The molecule has 21 heavy (non-hydrogen) atoms. The summed E-state index contributed by atoms with van der Waals surface area (Å²) in [6, 6.07) is 32.8. The Morgan fingerprint density at radius 2 is 0.714 bits per heavy atom. The quantitative estimate of drug-likeness (QED) is 0.403. The van der Waals surface area contributed by atoms with Crippen molar-refractivity contribution in [2.75, 3.05) is 6.66 Å². The van der Waals surface area contributed by atoms with Gasteiger partial charge in [0.2, 0.25) is 0 Å². The Labute approximate surface area is 143 Å². The molecule has 0 aliphatic heterocycles. The van der Waals surface area contributed by atoms with E-state index < -0.39 is 7.26 Å². The topological polar surface area (TPSA) is 0 Å². The van der Waals surface area contributed by atoms with Gasteiger partial charge in [-0.3, -0.25) is 0 Å². The van der Waals surface area contributed by atoms with Crippen LogP contribution in [0.5, 0.6) is 0 Å². The second kappa shape index (κ2) is 7.20. The fourth-order valence-electron chi connectivity index (χ4n) is 2.81. The summed E-state index contributed by atoms with van der Waals surface area (Å²) in [7, 11) is -1.88. The van der Waals surface area contributed by atoms with Crippen LogP contribution in [0, 0.1) is 0 Å². The molecule has 0 spiro atoms. The van der Waals surface area contributed by atoms with E-state index >= 15 is 0 Å². The van der Waals surface area contributed by atoms with Crippen LogP contribution in [0.4, 0.5) is 0 Å². The molecule has 0 aliphatic rings. The number of benzene rings is 3. The van der Waals surface area contributed by atoms with Crippen molar-refractivity contribution in [3.8, 4) is 0 Å². The first-order chi connectivity index (χ1) is 9.82. The zero-order valence-corrected chi connectivity index (χ0v) is 15.1. The van der Waals surface area contributed by atoms with E-state index in [0.29, 0.717) is 0 Å². The summed E-state index contributed by atoms with van der Waals surface area (Å²) in [6.07, 6.45) is 0. The van der Waals surface area contributed by atoms with Gasteiger partial charge in [-0.1, -0.05) is 0 Å². The predicted octanol–water partition coefficient (Wildman–Crippen LogP) is 3.34. The van der Waals surface area contributed by atoms with Crippen LogP contribution in [-0.4, -0.2) is 6.66 Å². The Bertz CT molecular complexity index is 569. The van der Waals surface area contributed by atoms with Gasteiger partial charge >= 0.3 is 121 Å². The molecule has 0 aliphatic carbocycles. The van der Waals surface area contributed by atoms with Gasteiger partial charge in [0.05, 0.1) is 0 Å². The second-order valence-corrected chi connectivity index (χ2v) is 9.21. The van der Waals surface area contributed by atoms with Crippen LogP contribution in [0.15, 0.2) is 91.0 Å². The van der Waals surface area contributed by atoms with Gasteiger partial charge in [0, 0.05) is 22.4 Å². The van der Waals surface area contributed by atoms with E-state index in [-0.39, 0.29) is 22.4 Å². The van der Waals surface area contributed by atoms with Gasteiger partial charge in [-0.15, -0.1) is 0 Å². The van der Waals surface area contributed by atoms with Crippen LogP contribution in [0.3, 0.4) is 0 Å². The summed E-state index contributed by atoms with van der Waals surface area (Å²) < 4.78 is 0. The van der Waals surface area contributed by atoms with Gasteiger partial charge in [-0.05, 0) is 0 Å². The number of rotatable bonds is 3. The minimum atomic E-state index is -1.88. The average molecular weight is 475 g/mol. The van der Waals surface area contributed by atoms with Crippen LogP contribution >= 0.6 is 7.26 Å². The molecular weight excluding hydrogens is 456 g/mol. The third kappa shape index (κ3) is 3.20. The molecule has 0 fully saturated rings. The van der Waals surface area contributed by atoms with Gasteiger partial charge in [-0.2, -0.15) is 0 Å². The number of hydrogen-bond donors (Lipinski definition) is 0. The van der Waals surface area contributed by atoms with Crippen molar-refractivity contribution in [3.05, 3.63) is 91.0 Å². The molecule has 0 amide bonds. The van der Waals surface area contributed by atoms with Crippen molar-refractivity contribution in [3.63, 3.8) is 0 Å². The minimum absolute atomic E-state index is 0. The summed E-state index contributed by atoms with van der Waals surface area (Å²) >= 11 is 0. The van der Waals surface area contributed by atoms with E-state index in [9.17, 15) is 0 Å². The summed E-state index contributed by atoms with van der Waals surface area (Å²) in [6.45, 7) is 2.44. The maximum absolute atomic E-state index is 2.44. The minimum Gasteiger partial charge on any atom is 0 e. The van der Waals surface area contributed by atoms with Gasteiger partial charge in [0.1, 0.15) is 0 Å². The van der Waals surface area contributed by atoms with E-state index in [2.05, 4.69) is 97.7 Å². The molecule has 3 aromatic rings. The molecule has 0 heterocycles. The molecular formula is C19H19AuP. The molecule has 0 unspecified atom stereocenters. The van der Waals surface area contributed by atoms with E-state index in [1.807, 2.05) is 0 Å². The predicted molar refractivity (Wildman–Crippen MR) is 92.5 cm³/mol. The molecule has 0 N–H and O–H groups in total. The van der Waals surface area contributed by atoms with E-state index in [0.717, 1.165) is 0 Å². The van der Waals surface area contributed by atoms with Crippen molar-refractivity contribution < 1.29 is 22.4 Å². The van der Waals surface area contributed by atoms with E-state index in [1.165, 1.54) is 15.9 Å². The van der Waals surface area contributed by atoms with Crippen molar-refractivity contribution >= 4 is 23.2 Å². The first-order valence-corrected chi connectivity index (χ1v) is 9.48. The van der Waals surface area contributed by atoms with Gasteiger partial charge in [0.25, 0.3) is 0 Å². The van der Waals surface area contributed by atoms with Crippen LogP contribution in [-0.2, 0) is 22.4 Å². The van der Waals surface area contributed by atoms with Gasteiger partial charge < -0.3 is 0 Å². The summed E-state index contributed by atoms with van der Waals surface area (Å²) in [5.41, 5.74) is 0. The van der Waals surface area contributed by atoms with Crippen molar-refractivity contribution in [2.45, 2.75) is 0 Å². The molecule has 2 heteroatoms. The van der Waals surface area contributed by atoms with Crippen LogP contribution in [0.25, 0.3) is 0 Å². The first-order valence-electron chi connectivity index (χ1n) is 6.98. The Balaban J connectivity index is 0.00000161. The second-order valence-electron chi connectivity index (χ2n) is 5.22. The van der Waals surface area contributed by atoms with Crippen LogP contribution < -0.4 is 15.9 Å². The first kappa shape index (κ1) is 16.2. The zero-order chi connectivity index (χ0) is 13.8. The van der Waals surface area contributed by atoms with Crippen molar-refractivity contribution in [1.82, 2.24) is 0 Å². The van der Waals surface area contributed by atoms with Crippen molar-refractivity contribution in [2.24, 2.45) is 0 Å². The molecule has 0 saturated heterocycles. The molecule has 0 bridgehead atoms. The molecule has 3 rings (SSSR count). The van der Waals surface area contributed by atoms with Gasteiger partial charge in [0.15, 0.2) is 0 Å². The molecule has 0 nitrogen and oxygen atoms in total. The summed E-state index contributed by atoms with van der Waals surface area (Å²) in [5.74, 6) is 0. The Hall–Kier alpha value is -1.17. The normalized spacial score (nSPS) is 11.5. The van der Waals surface area contributed by atoms with Crippen molar-refractivity contribution in [1.29, 1.82) is 0 Å². The maximum atomic E-state index is 2.44. The third-order valence-electron chi connectivity index (χ3n) is 4.05. The Kier molecular flexibility index (Phi) is 5.56. The molecule has 0 saturated carbocycles. The fourth-order valence-corrected chi connectivity index (χ4v) is 6.39.